The Morgan fingerprint density at radius 1 is 1.19 bits per heavy atom. The molecule has 27 heavy (non-hydrogen) atoms. The first-order valence-corrected chi connectivity index (χ1v) is 10.2. The number of amides is 1. The van der Waals surface area contributed by atoms with Crippen LogP contribution < -0.4 is 4.90 Å². The fourth-order valence-electron chi connectivity index (χ4n) is 2.91. The molecule has 0 unspecified atom stereocenters. The highest BCUT2D eigenvalue weighted by molar-refractivity contribution is 7.91. The van der Waals surface area contributed by atoms with Crippen LogP contribution in [0.2, 0.25) is 0 Å². The zero-order valence-electron chi connectivity index (χ0n) is 14.5. The number of para-hydroxylation sites is 1. The Bertz CT molecular complexity index is 918. The molecule has 1 aromatic carbocycles. The average molecular weight is 389 g/mol. The topological polar surface area (TPSA) is 93.9 Å². The zero-order valence-corrected chi connectivity index (χ0v) is 15.3. The Labute approximate surface area is 157 Å². The molecule has 1 saturated heterocycles. The number of anilines is 1. The van der Waals surface area contributed by atoms with Gasteiger partial charge in [-0.3, -0.25) is 4.79 Å². The summed E-state index contributed by atoms with van der Waals surface area (Å²) in [5.41, 5.74) is 0.576. The number of benzene rings is 1. The van der Waals surface area contributed by atoms with Crippen molar-refractivity contribution in [2.75, 3.05) is 23.0 Å². The summed E-state index contributed by atoms with van der Waals surface area (Å²) in [5, 5.41) is 0. The number of hydrogen-bond acceptors (Lipinski definition) is 6. The van der Waals surface area contributed by atoms with Gasteiger partial charge in [-0.25, -0.2) is 13.2 Å². The largest absolute Gasteiger partial charge is 0.465 e. The number of carbonyl (C=O) groups is 2. The minimum Gasteiger partial charge on any atom is -0.465 e. The number of sulfone groups is 1. The summed E-state index contributed by atoms with van der Waals surface area (Å²) in [6.45, 7) is -0.479. The fourth-order valence-corrected chi connectivity index (χ4v) is 4.61. The van der Waals surface area contributed by atoms with Crippen LogP contribution in [0.1, 0.15) is 12.2 Å². The van der Waals surface area contributed by atoms with E-state index in [9.17, 15) is 18.0 Å². The van der Waals surface area contributed by atoms with Crippen LogP contribution in [-0.2, 0) is 24.2 Å². The number of esters is 1. The highest BCUT2D eigenvalue weighted by atomic mass is 32.2. The summed E-state index contributed by atoms with van der Waals surface area (Å²) in [5.74, 6) is -0.727. The molecule has 2 aromatic rings. The van der Waals surface area contributed by atoms with E-state index in [2.05, 4.69) is 0 Å². The van der Waals surface area contributed by atoms with Gasteiger partial charge in [-0.15, -0.1) is 0 Å². The molecule has 1 amide bonds. The van der Waals surface area contributed by atoms with E-state index in [4.69, 9.17) is 9.15 Å². The number of nitrogens with zero attached hydrogens (tertiary/aromatic N) is 1. The lowest BCUT2D eigenvalue weighted by atomic mass is 10.2. The Morgan fingerprint density at radius 3 is 2.59 bits per heavy atom. The average Bonchev–Trinajstić information content (AvgIpc) is 3.29. The third-order valence-electron chi connectivity index (χ3n) is 4.14. The highest BCUT2D eigenvalue weighted by Crippen LogP contribution is 2.24. The molecule has 0 aliphatic carbocycles. The van der Waals surface area contributed by atoms with Crippen LogP contribution in [0.15, 0.2) is 59.2 Å². The van der Waals surface area contributed by atoms with E-state index in [-0.39, 0.29) is 11.5 Å². The van der Waals surface area contributed by atoms with Crippen molar-refractivity contribution in [3.05, 3.63) is 60.6 Å². The van der Waals surface area contributed by atoms with E-state index in [1.165, 1.54) is 23.3 Å². The van der Waals surface area contributed by atoms with Crippen molar-refractivity contribution in [2.45, 2.75) is 12.5 Å². The maximum Gasteiger partial charge on any atom is 0.331 e. The first kappa shape index (κ1) is 18.9. The van der Waals surface area contributed by atoms with Crippen LogP contribution in [0.5, 0.6) is 0 Å². The molecule has 1 aliphatic heterocycles. The first-order chi connectivity index (χ1) is 12.9. The van der Waals surface area contributed by atoms with Crippen molar-refractivity contribution >= 4 is 33.5 Å². The summed E-state index contributed by atoms with van der Waals surface area (Å²) >= 11 is 0. The SMILES string of the molecule is O=C(/C=C/c1ccco1)OCC(=O)N(c1ccccc1)[C@H]1CCS(=O)(=O)C1. The van der Waals surface area contributed by atoms with Crippen molar-refractivity contribution in [3.8, 4) is 0 Å². The molecule has 142 valence electrons. The molecule has 3 rings (SSSR count). The van der Waals surface area contributed by atoms with Gasteiger partial charge in [-0.2, -0.15) is 0 Å². The number of ether oxygens (including phenoxy) is 1. The number of rotatable bonds is 6. The summed E-state index contributed by atoms with van der Waals surface area (Å²) in [6, 6.07) is 11.7. The number of hydrogen-bond donors (Lipinski definition) is 0. The van der Waals surface area contributed by atoms with E-state index in [0.29, 0.717) is 17.9 Å². The molecule has 1 fully saturated rings. The maximum atomic E-state index is 12.7. The van der Waals surface area contributed by atoms with Crippen LogP contribution >= 0.6 is 0 Å². The van der Waals surface area contributed by atoms with E-state index in [0.717, 1.165) is 0 Å². The van der Waals surface area contributed by atoms with Gasteiger partial charge in [0.05, 0.1) is 23.8 Å². The van der Waals surface area contributed by atoms with Gasteiger partial charge >= 0.3 is 5.97 Å². The minimum atomic E-state index is -3.17. The maximum absolute atomic E-state index is 12.7. The molecule has 0 bridgehead atoms. The molecule has 1 aliphatic rings. The molecular formula is C19H19NO6S. The molecule has 0 spiro atoms. The lowest BCUT2D eigenvalue weighted by Crippen LogP contribution is -2.43. The Morgan fingerprint density at radius 2 is 1.96 bits per heavy atom. The predicted octanol–water partition coefficient (Wildman–Crippen LogP) is 2.06. The molecule has 1 atom stereocenters. The van der Waals surface area contributed by atoms with E-state index in [1.54, 1.807) is 42.5 Å². The van der Waals surface area contributed by atoms with E-state index < -0.39 is 34.4 Å². The quantitative estimate of drug-likeness (QED) is 0.554. The standard InChI is InChI=1S/C19H19NO6S/c21-18(13-26-19(22)9-8-17-7-4-11-25-17)20(15-5-2-1-3-6-15)16-10-12-27(23,24)14-16/h1-9,11,16H,10,12-14H2/b9-8+/t16-/m0/s1. The van der Waals surface area contributed by atoms with Crippen LogP contribution in [0, 0.1) is 0 Å². The number of carbonyl (C=O) groups excluding carboxylic acids is 2. The van der Waals surface area contributed by atoms with Gasteiger partial charge in [-0.05, 0) is 36.8 Å². The van der Waals surface area contributed by atoms with Crippen molar-refractivity contribution in [1.82, 2.24) is 0 Å². The molecule has 0 radical (unpaired) electrons. The van der Waals surface area contributed by atoms with Gasteiger partial charge in [0.15, 0.2) is 16.4 Å². The Kier molecular flexibility index (Phi) is 5.75. The van der Waals surface area contributed by atoms with Gasteiger partial charge in [0, 0.05) is 11.8 Å². The summed E-state index contributed by atoms with van der Waals surface area (Å²) < 4.78 is 33.7. The van der Waals surface area contributed by atoms with Crippen LogP contribution in [0.3, 0.4) is 0 Å². The summed E-state index contributed by atoms with van der Waals surface area (Å²) in [7, 11) is -3.17. The van der Waals surface area contributed by atoms with E-state index >= 15 is 0 Å². The number of furan rings is 1. The van der Waals surface area contributed by atoms with Crippen LogP contribution in [0.4, 0.5) is 5.69 Å². The highest BCUT2D eigenvalue weighted by Gasteiger charge is 2.35. The summed E-state index contributed by atoms with van der Waals surface area (Å²) in [4.78, 5) is 25.9. The molecule has 0 N–H and O–H groups in total. The molecule has 7 nitrogen and oxygen atoms in total. The second-order valence-corrected chi connectivity index (χ2v) is 8.34. The van der Waals surface area contributed by atoms with Gasteiger partial charge in [0.25, 0.3) is 5.91 Å². The fraction of sp³-hybridized carbons (Fsp3) is 0.263. The van der Waals surface area contributed by atoms with Crippen molar-refractivity contribution in [1.29, 1.82) is 0 Å². The van der Waals surface area contributed by atoms with Crippen molar-refractivity contribution < 1.29 is 27.2 Å². The molecule has 2 heterocycles. The Balaban J connectivity index is 1.67. The molecule has 8 heteroatoms. The van der Waals surface area contributed by atoms with Crippen molar-refractivity contribution in [3.63, 3.8) is 0 Å². The predicted molar refractivity (Wildman–Crippen MR) is 99.7 cm³/mol. The molecular weight excluding hydrogens is 370 g/mol. The van der Waals surface area contributed by atoms with Gasteiger partial charge < -0.3 is 14.1 Å². The zero-order chi connectivity index (χ0) is 19.3. The smallest absolute Gasteiger partial charge is 0.331 e. The minimum absolute atomic E-state index is 0.0416. The van der Waals surface area contributed by atoms with E-state index in [1.807, 2.05) is 0 Å². The van der Waals surface area contributed by atoms with Crippen molar-refractivity contribution in [2.24, 2.45) is 0 Å². The van der Waals surface area contributed by atoms with Crippen LogP contribution in [0.25, 0.3) is 6.08 Å². The molecule has 1 aromatic heterocycles. The van der Waals surface area contributed by atoms with Crippen LogP contribution in [-0.4, -0.2) is 44.4 Å². The normalized spacial score (nSPS) is 18.4. The van der Waals surface area contributed by atoms with Gasteiger partial charge in [0.1, 0.15) is 5.76 Å². The first-order valence-electron chi connectivity index (χ1n) is 8.40. The monoisotopic (exact) mass is 389 g/mol. The summed E-state index contributed by atoms with van der Waals surface area (Å²) in [6.07, 6.45) is 4.43. The lowest BCUT2D eigenvalue weighted by molar-refractivity contribution is -0.143. The Hall–Kier alpha value is -2.87. The third-order valence-corrected chi connectivity index (χ3v) is 5.89. The van der Waals surface area contributed by atoms with Gasteiger partial charge in [0.2, 0.25) is 0 Å². The van der Waals surface area contributed by atoms with Gasteiger partial charge in [-0.1, -0.05) is 18.2 Å². The molecule has 0 saturated carbocycles. The second kappa shape index (κ2) is 8.22. The lowest BCUT2D eigenvalue weighted by Gasteiger charge is -2.28. The second-order valence-electron chi connectivity index (χ2n) is 6.11. The third kappa shape index (κ3) is 5.07.